The Labute approximate surface area is 113 Å². The molecule has 0 amide bonds. The van der Waals surface area contributed by atoms with E-state index in [9.17, 15) is 4.79 Å². The zero-order valence-corrected chi connectivity index (χ0v) is 11.9. The van der Waals surface area contributed by atoms with Crippen LogP contribution in [0.1, 0.15) is 69.7 Å². The third-order valence-electron chi connectivity index (χ3n) is 3.67. The normalized spacial score (nSPS) is 22.5. The Kier molecular flexibility index (Phi) is 4.69. The highest BCUT2D eigenvalue weighted by molar-refractivity contribution is 5.84. The Hall–Kier alpha value is -1.23. The van der Waals surface area contributed by atoms with Crippen molar-refractivity contribution < 1.29 is 14.1 Å². The van der Waals surface area contributed by atoms with Crippen LogP contribution in [-0.2, 0) is 9.53 Å². The minimum Gasteiger partial charge on any atom is -0.373 e. The average molecular weight is 266 g/mol. The molecule has 1 fully saturated rings. The minimum absolute atomic E-state index is 0.182. The number of ether oxygens (including phenoxy) is 1. The fourth-order valence-electron chi connectivity index (χ4n) is 2.60. The molecule has 0 aliphatic heterocycles. The highest BCUT2D eigenvalue weighted by Gasteiger charge is 2.29. The number of Topliss-reactive ketones (excluding diaryl/α,β-unsaturated/α-hetero) is 1. The van der Waals surface area contributed by atoms with E-state index in [-0.39, 0.29) is 23.7 Å². The van der Waals surface area contributed by atoms with Crippen LogP contribution in [-0.4, -0.2) is 23.0 Å². The molecule has 1 aliphatic carbocycles. The summed E-state index contributed by atoms with van der Waals surface area (Å²) in [6.45, 7) is 4.09. The van der Waals surface area contributed by atoms with Gasteiger partial charge in [-0.3, -0.25) is 4.79 Å². The molecule has 5 nitrogen and oxygen atoms in total. The molecule has 1 heterocycles. The molecule has 0 aromatic carbocycles. The summed E-state index contributed by atoms with van der Waals surface area (Å²) in [7, 11) is 1.64. The highest BCUT2D eigenvalue weighted by atomic mass is 16.5. The molecule has 5 heteroatoms. The SMILES string of the molecule is COC(c1noc(C2CCCCCC2=O)n1)C(C)C. The topological polar surface area (TPSA) is 65.2 Å². The molecule has 0 radical (unpaired) electrons. The van der Waals surface area contributed by atoms with Gasteiger partial charge in [0.25, 0.3) is 0 Å². The molecule has 1 aliphatic rings. The Morgan fingerprint density at radius 1 is 1.32 bits per heavy atom. The fourth-order valence-corrected chi connectivity index (χ4v) is 2.60. The molecule has 106 valence electrons. The van der Waals surface area contributed by atoms with Gasteiger partial charge in [0.2, 0.25) is 11.7 Å². The number of nitrogens with zero attached hydrogens (tertiary/aromatic N) is 2. The van der Waals surface area contributed by atoms with Crippen LogP contribution in [0, 0.1) is 5.92 Å². The molecule has 1 aromatic rings. The van der Waals surface area contributed by atoms with Gasteiger partial charge in [0.15, 0.2) is 0 Å². The van der Waals surface area contributed by atoms with Gasteiger partial charge in [0, 0.05) is 13.5 Å². The summed E-state index contributed by atoms with van der Waals surface area (Å²) in [6, 6.07) is 0. The fraction of sp³-hybridized carbons (Fsp3) is 0.786. The first kappa shape index (κ1) is 14.2. The highest BCUT2D eigenvalue weighted by Crippen LogP contribution is 2.30. The number of hydrogen-bond donors (Lipinski definition) is 0. The van der Waals surface area contributed by atoms with Crippen molar-refractivity contribution in [2.24, 2.45) is 5.92 Å². The lowest BCUT2D eigenvalue weighted by Crippen LogP contribution is -2.13. The van der Waals surface area contributed by atoms with Gasteiger partial charge < -0.3 is 9.26 Å². The zero-order chi connectivity index (χ0) is 13.8. The van der Waals surface area contributed by atoms with Gasteiger partial charge in [-0.2, -0.15) is 4.98 Å². The standard InChI is InChI=1S/C14H22N2O3/c1-9(2)12(18-3)13-15-14(19-16-13)10-7-5-4-6-8-11(10)17/h9-10,12H,4-8H2,1-3H3. The van der Waals surface area contributed by atoms with Gasteiger partial charge in [-0.25, -0.2) is 0 Å². The summed E-state index contributed by atoms with van der Waals surface area (Å²) in [4.78, 5) is 16.4. The van der Waals surface area contributed by atoms with Gasteiger partial charge in [-0.15, -0.1) is 0 Å². The lowest BCUT2D eigenvalue weighted by atomic mass is 9.99. The maximum absolute atomic E-state index is 12.0. The molecule has 0 bridgehead atoms. The van der Waals surface area contributed by atoms with E-state index >= 15 is 0 Å². The largest absolute Gasteiger partial charge is 0.373 e. The number of carbonyl (C=O) groups excluding carboxylic acids is 1. The summed E-state index contributed by atoms with van der Waals surface area (Å²) in [5, 5.41) is 3.99. The van der Waals surface area contributed by atoms with E-state index in [1.165, 1.54) is 0 Å². The first-order chi connectivity index (χ1) is 9.13. The predicted molar refractivity (Wildman–Crippen MR) is 69.7 cm³/mol. The molecule has 1 saturated carbocycles. The number of ketones is 1. The zero-order valence-electron chi connectivity index (χ0n) is 11.9. The van der Waals surface area contributed by atoms with Crippen molar-refractivity contribution in [1.82, 2.24) is 10.1 Å². The molecule has 2 atom stereocenters. The maximum Gasteiger partial charge on any atom is 0.237 e. The van der Waals surface area contributed by atoms with Gasteiger partial charge >= 0.3 is 0 Å². The predicted octanol–water partition coefficient (Wildman–Crippen LogP) is 3.03. The number of hydrogen-bond acceptors (Lipinski definition) is 5. The second-order valence-electron chi connectivity index (χ2n) is 5.51. The summed E-state index contributed by atoms with van der Waals surface area (Å²) in [5.41, 5.74) is 0. The molecule has 2 rings (SSSR count). The summed E-state index contributed by atoms with van der Waals surface area (Å²) >= 11 is 0. The average Bonchev–Trinajstić information content (AvgIpc) is 2.73. The Balaban J connectivity index is 2.17. The van der Waals surface area contributed by atoms with Crippen molar-refractivity contribution in [1.29, 1.82) is 0 Å². The van der Waals surface area contributed by atoms with Crippen LogP contribution in [0.5, 0.6) is 0 Å². The van der Waals surface area contributed by atoms with E-state index in [1.54, 1.807) is 7.11 Å². The third kappa shape index (κ3) is 3.21. The molecule has 0 saturated heterocycles. The minimum atomic E-state index is -0.214. The van der Waals surface area contributed by atoms with Crippen LogP contribution in [0.15, 0.2) is 4.52 Å². The second-order valence-corrected chi connectivity index (χ2v) is 5.51. The smallest absolute Gasteiger partial charge is 0.237 e. The molecule has 0 spiro atoms. The summed E-state index contributed by atoms with van der Waals surface area (Å²) in [6.07, 6.45) is 4.39. The van der Waals surface area contributed by atoms with Crippen LogP contribution >= 0.6 is 0 Å². The maximum atomic E-state index is 12.0. The van der Waals surface area contributed by atoms with E-state index in [0.717, 1.165) is 25.7 Å². The van der Waals surface area contributed by atoms with Crippen molar-refractivity contribution in [2.75, 3.05) is 7.11 Å². The third-order valence-corrected chi connectivity index (χ3v) is 3.67. The molecule has 0 N–H and O–H groups in total. The summed E-state index contributed by atoms with van der Waals surface area (Å²) in [5.74, 6) is 1.29. The summed E-state index contributed by atoms with van der Waals surface area (Å²) < 4.78 is 10.7. The number of carbonyl (C=O) groups is 1. The van der Waals surface area contributed by atoms with E-state index in [1.807, 2.05) is 13.8 Å². The van der Waals surface area contributed by atoms with Crippen molar-refractivity contribution >= 4 is 5.78 Å². The Bertz CT molecular complexity index is 428. The van der Waals surface area contributed by atoms with Crippen molar-refractivity contribution in [3.8, 4) is 0 Å². The van der Waals surface area contributed by atoms with Gasteiger partial charge in [-0.1, -0.05) is 31.8 Å². The first-order valence-corrected chi connectivity index (χ1v) is 7.02. The van der Waals surface area contributed by atoms with Crippen LogP contribution in [0.4, 0.5) is 0 Å². The van der Waals surface area contributed by atoms with Gasteiger partial charge in [-0.05, 0) is 18.8 Å². The lowest BCUT2D eigenvalue weighted by molar-refractivity contribution is -0.120. The lowest BCUT2D eigenvalue weighted by Gasteiger charge is -2.14. The van der Waals surface area contributed by atoms with Crippen molar-refractivity contribution in [3.05, 3.63) is 11.7 Å². The quantitative estimate of drug-likeness (QED) is 0.784. The number of methoxy groups -OCH3 is 1. The second kappa shape index (κ2) is 6.28. The van der Waals surface area contributed by atoms with Gasteiger partial charge in [0.05, 0.1) is 5.92 Å². The molecular weight excluding hydrogens is 244 g/mol. The van der Waals surface area contributed by atoms with E-state index in [2.05, 4.69) is 10.1 Å². The number of aromatic nitrogens is 2. The molecular formula is C14H22N2O3. The number of rotatable bonds is 4. The van der Waals surface area contributed by atoms with Gasteiger partial charge in [0.1, 0.15) is 11.9 Å². The Morgan fingerprint density at radius 2 is 2.11 bits per heavy atom. The molecule has 2 unspecified atom stereocenters. The monoisotopic (exact) mass is 266 g/mol. The van der Waals surface area contributed by atoms with E-state index in [4.69, 9.17) is 9.26 Å². The van der Waals surface area contributed by atoms with Crippen molar-refractivity contribution in [2.45, 2.75) is 58.0 Å². The van der Waals surface area contributed by atoms with Crippen molar-refractivity contribution in [3.63, 3.8) is 0 Å². The molecule has 19 heavy (non-hydrogen) atoms. The van der Waals surface area contributed by atoms with Crippen LogP contribution in [0.3, 0.4) is 0 Å². The van der Waals surface area contributed by atoms with Crippen LogP contribution in [0.2, 0.25) is 0 Å². The van der Waals surface area contributed by atoms with Crippen LogP contribution in [0.25, 0.3) is 0 Å². The van der Waals surface area contributed by atoms with E-state index in [0.29, 0.717) is 18.1 Å². The Morgan fingerprint density at radius 3 is 2.79 bits per heavy atom. The van der Waals surface area contributed by atoms with Crippen LogP contribution < -0.4 is 0 Å². The first-order valence-electron chi connectivity index (χ1n) is 7.02. The molecule has 1 aromatic heterocycles. The van der Waals surface area contributed by atoms with E-state index < -0.39 is 0 Å².